The van der Waals surface area contributed by atoms with E-state index >= 15 is 0 Å². The second kappa shape index (κ2) is 6.32. The molecule has 2 aromatic rings. The summed E-state index contributed by atoms with van der Waals surface area (Å²) in [5, 5.41) is 0. The Morgan fingerprint density at radius 3 is 2.24 bits per heavy atom. The first kappa shape index (κ1) is 15.2. The summed E-state index contributed by atoms with van der Waals surface area (Å²) in [5.74, 6) is 2.18. The zero-order valence-corrected chi connectivity index (χ0v) is 14.9. The number of hydrogen-bond acceptors (Lipinski definition) is 4. The van der Waals surface area contributed by atoms with E-state index in [4.69, 9.17) is 9.97 Å². The number of nitrogens with zero attached hydrogens (tertiary/aromatic N) is 4. The Bertz CT molecular complexity index is 773. The fraction of sp³-hybridized carbons (Fsp3) is 0.524. The lowest BCUT2D eigenvalue weighted by Gasteiger charge is -2.25. The van der Waals surface area contributed by atoms with E-state index in [1.807, 2.05) is 0 Å². The topological polar surface area (TPSA) is 32.3 Å². The fourth-order valence-electron chi connectivity index (χ4n) is 4.59. The van der Waals surface area contributed by atoms with Crippen LogP contribution in [0.15, 0.2) is 24.3 Å². The highest BCUT2D eigenvalue weighted by molar-refractivity contribution is 5.74. The Kier molecular flexibility index (Phi) is 3.84. The lowest BCUT2D eigenvalue weighted by Crippen LogP contribution is -2.26. The third kappa shape index (κ3) is 2.68. The maximum atomic E-state index is 5.12. The van der Waals surface area contributed by atoms with Crippen LogP contribution < -0.4 is 9.80 Å². The third-order valence-electron chi connectivity index (χ3n) is 5.91. The molecule has 0 amide bonds. The first-order valence-electron chi connectivity index (χ1n) is 9.89. The minimum atomic E-state index is 0.954. The average Bonchev–Trinajstić information content (AvgIpc) is 3.33. The van der Waals surface area contributed by atoms with E-state index < -0.39 is 0 Å². The Hall–Kier alpha value is -2.10. The predicted molar refractivity (Wildman–Crippen MR) is 102 cm³/mol. The van der Waals surface area contributed by atoms with Crippen LogP contribution in [0.25, 0.3) is 11.3 Å². The van der Waals surface area contributed by atoms with Gasteiger partial charge in [0.05, 0.1) is 5.69 Å². The number of aryl methyl sites for hydroxylation is 1. The molecule has 1 aliphatic carbocycles. The summed E-state index contributed by atoms with van der Waals surface area (Å²) >= 11 is 0. The van der Waals surface area contributed by atoms with E-state index in [2.05, 4.69) is 34.1 Å². The van der Waals surface area contributed by atoms with Crippen LogP contribution in [0.3, 0.4) is 0 Å². The molecule has 130 valence electrons. The quantitative estimate of drug-likeness (QED) is 0.835. The van der Waals surface area contributed by atoms with Crippen LogP contribution in [-0.4, -0.2) is 36.1 Å². The summed E-state index contributed by atoms with van der Waals surface area (Å²) in [7, 11) is 0. The molecule has 1 aromatic carbocycles. The smallest absolute Gasteiger partial charge is 0.227 e. The molecule has 0 saturated carbocycles. The van der Waals surface area contributed by atoms with Gasteiger partial charge in [0, 0.05) is 37.3 Å². The van der Waals surface area contributed by atoms with E-state index in [1.54, 1.807) is 0 Å². The Morgan fingerprint density at radius 1 is 0.720 bits per heavy atom. The summed E-state index contributed by atoms with van der Waals surface area (Å²) < 4.78 is 0. The van der Waals surface area contributed by atoms with E-state index in [0.717, 1.165) is 45.0 Å². The summed E-state index contributed by atoms with van der Waals surface area (Å²) in [4.78, 5) is 15.1. The number of anilines is 2. The monoisotopic (exact) mass is 334 g/mol. The zero-order valence-electron chi connectivity index (χ0n) is 14.9. The fourth-order valence-corrected chi connectivity index (χ4v) is 4.59. The average molecular weight is 334 g/mol. The first-order chi connectivity index (χ1) is 12.4. The maximum absolute atomic E-state index is 5.12. The molecular weight excluding hydrogens is 308 g/mol. The van der Waals surface area contributed by atoms with Crippen molar-refractivity contribution in [1.82, 2.24) is 9.97 Å². The molecule has 0 radical (unpaired) electrons. The van der Waals surface area contributed by atoms with Crippen LogP contribution in [0.4, 0.5) is 11.8 Å². The minimum absolute atomic E-state index is 0.954. The molecule has 3 heterocycles. The van der Waals surface area contributed by atoms with Gasteiger partial charge in [-0.1, -0.05) is 24.3 Å². The van der Waals surface area contributed by atoms with Gasteiger partial charge in [0.1, 0.15) is 5.82 Å². The summed E-state index contributed by atoms with van der Waals surface area (Å²) in [6, 6.07) is 8.85. The Balaban J connectivity index is 1.70. The van der Waals surface area contributed by atoms with Gasteiger partial charge in [0.25, 0.3) is 0 Å². The van der Waals surface area contributed by atoms with Crippen molar-refractivity contribution in [3.05, 3.63) is 35.4 Å². The Labute approximate surface area is 149 Å². The number of hydrogen-bond donors (Lipinski definition) is 0. The van der Waals surface area contributed by atoms with Gasteiger partial charge < -0.3 is 9.80 Å². The van der Waals surface area contributed by atoms with Crippen LogP contribution >= 0.6 is 0 Å². The largest absolute Gasteiger partial charge is 0.356 e. The molecule has 4 nitrogen and oxygen atoms in total. The SMILES string of the molecule is c1ccc2c(c1)CCCc1c-2nc(N2CCCC2)nc1N1CCCC1. The van der Waals surface area contributed by atoms with Gasteiger partial charge in [0.15, 0.2) is 0 Å². The molecule has 0 spiro atoms. The van der Waals surface area contributed by atoms with Crippen molar-refractivity contribution in [2.45, 2.75) is 44.9 Å². The molecule has 2 aliphatic heterocycles. The Morgan fingerprint density at radius 2 is 1.44 bits per heavy atom. The molecule has 4 heteroatoms. The highest BCUT2D eigenvalue weighted by Gasteiger charge is 2.27. The number of fused-ring (bicyclic) bond motifs is 3. The summed E-state index contributed by atoms with van der Waals surface area (Å²) in [6.07, 6.45) is 8.52. The van der Waals surface area contributed by atoms with E-state index in [1.165, 1.54) is 60.3 Å². The highest BCUT2D eigenvalue weighted by Crippen LogP contribution is 2.38. The van der Waals surface area contributed by atoms with Gasteiger partial charge in [0.2, 0.25) is 5.95 Å². The maximum Gasteiger partial charge on any atom is 0.227 e. The van der Waals surface area contributed by atoms with Gasteiger partial charge in [-0.15, -0.1) is 0 Å². The standard InChI is InChI=1S/C21H26N4/c1-2-10-17-16(8-1)9-7-11-18-19(17)22-21(25-14-5-6-15-25)23-20(18)24-12-3-4-13-24/h1-2,8,10H,3-7,9,11-15H2. The molecule has 1 aromatic heterocycles. The number of benzene rings is 1. The van der Waals surface area contributed by atoms with Gasteiger partial charge in [-0.3, -0.25) is 0 Å². The second-order valence-electron chi connectivity index (χ2n) is 7.57. The van der Waals surface area contributed by atoms with Gasteiger partial charge in [-0.2, -0.15) is 4.98 Å². The van der Waals surface area contributed by atoms with Crippen LogP contribution in [0, 0.1) is 0 Å². The molecule has 3 aliphatic rings. The minimum Gasteiger partial charge on any atom is -0.356 e. The van der Waals surface area contributed by atoms with Crippen molar-refractivity contribution in [3.8, 4) is 11.3 Å². The van der Waals surface area contributed by atoms with Gasteiger partial charge in [-0.25, -0.2) is 4.98 Å². The van der Waals surface area contributed by atoms with Crippen molar-refractivity contribution in [3.63, 3.8) is 0 Å². The second-order valence-corrected chi connectivity index (χ2v) is 7.57. The van der Waals surface area contributed by atoms with Crippen molar-refractivity contribution in [1.29, 1.82) is 0 Å². The van der Waals surface area contributed by atoms with Crippen LogP contribution in [0.1, 0.15) is 43.2 Å². The van der Waals surface area contributed by atoms with Crippen molar-refractivity contribution >= 4 is 11.8 Å². The third-order valence-corrected chi connectivity index (χ3v) is 5.91. The molecule has 5 rings (SSSR count). The normalized spacial score (nSPS) is 19.7. The molecule has 2 saturated heterocycles. The molecule has 0 unspecified atom stereocenters. The zero-order chi connectivity index (χ0) is 16.6. The van der Waals surface area contributed by atoms with E-state index in [-0.39, 0.29) is 0 Å². The summed E-state index contributed by atoms with van der Waals surface area (Å²) in [5.41, 5.74) is 5.36. The summed E-state index contributed by atoms with van der Waals surface area (Å²) in [6.45, 7) is 4.48. The van der Waals surface area contributed by atoms with Gasteiger partial charge in [-0.05, 0) is 50.5 Å². The molecule has 0 atom stereocenters. The molecule has 2 fully saturated rings. The van der Waals surface area contributed by atoms with Crippen LogP contribution in [-0.2, 0) is 12.8 Å². The van der Waals surface area contributed by atoms with Crippen molar-refractivity contribution < 1.29 is 0 Å². The highest BCUT2D eigenvalue weighted by atomic mass is 15.3. The molecule has 0 bridgehead atoms. The van der Waals surface area contributed by atoms with E-state index in [9.17, 15) is 0 Å². The number of aromatic nitrogens is 2. The van der Waals surface area contributed by atoms with Crippen molar-refractivity contribution in [2.24, 2.45) is 0 Å². The molecule has 0 N–H and O–H groups in total. The van der Waals surface area contributed by atoms with Crippen molar-refractivity contribution in [2.75, 3.05) is 36.0 Å². The van der Waals surface area contributed by atoms with Gasteiger partial charge >= 0.3 is 0 Å². The predicted octanol–water partition coefficient (Wildman–Crippen LogP) is 3.83. The van der Waals surface area contributed by atoms with Crippen LogP contribution in [0.5, 0.6) is 0 Å². The first-order valence-corrected chi connectivity index (χ1v) is 9.89. The lowest BCUT2D eigenvalue weighted by molar-refractivity contribution is 0.808. The van der Waals surface area contributed by atoms with E-state index in [0.29, 0.717) is 0 Å². The lowest BCUT2D eigenvalue weighted by atomic mass is 10.0. The number of rotatable bonds is 2. The molecular formula is C21H26N4. The molecule has 25 heavy (non-hydrogen) atoms. The van der Waals surface area contributed by atoms with Crippen LogP contribution in [0.2, 0.25) is 0 Å².